The van der Waals surface area contributed by atoms with Gasteiger partial charge in [0.15, 0.2) is 4.21 Å². The Morgan fingerprint density at radius 1 is 1.05 bits per heavy atom. The molecule has 0 bridgehead atoms. The standard InChI is InChI=1S/C27H30Cl2FN7O2S2/c1-35-8-10-36(11-9-35)17-3-5-18(6-4-17)37-14-19(24-25(31)32-15-33-26(24)37)16-2-7-22(21(30)12-16)34-41(38,39)27-20(28)13-23(29)40-27/h2,7,12-15,17-18,34H,3-6,8-11H2,1H3,(H2,31,32,33). The molecule has 14 heteroatoms. The second-order valence-electron chi connectivity index (χ2n) is 10.7. The van der Waals surface area contributed by atoms with Gasteiger partial charge in [0.05, 0.1) is 20.4 Å². The minimum absolute atomic E-state index is 0.0228. The first-order chi connectivity index (χ1) is 19.6. The van der Waals surface area contributed by atoms with Gasteiger partial charge in [-0.2, -0.15) is 0 Å². The second kappa shape index (κ2) is 11.3. The largest absolute Gasteiger partial charge is 0.383 e. The van der Waals surface area contributed by atoms with Crippen LogP contribution in [0.25, 0.3) is 22.2 Å². The van der Waals surface area contributed by atoms with Crippen LogP contribution in [0.2, 0.25) is 9.36 Å². The van der Waals surface area contributed by atoms with E-state index in [2.05, 4.69) is 36.1 Å². The summed E-state index contributed by atoms with van der Waals surface area (Å²) in [6.45, 7) is 4.43. The average Bonchev–Trinajstić information content (AvgIpc) is 3.51. The van der Waals surface area contributed by atoms with E-state index >= 15 is 4.39 Å². The molecule has 3 aromatic heterocycles. The van der Waals surface area contributed by atoms with Gasteiger partial charge in [-0.1, -0.05) is 29.3 Å². The van der Waals surface area contributed by atoms with Crippen molar-refractivity contribution in [1.82, 2.24) is 24.3 Å². The number of fused-ring (bicyclic) bond motifs is 1. The zero-order chi connectivity index (χ0) is 28.9. The number of rotatable bonds is 6. The number of nitrogens with zero attached hydrogens (tertiary/aromatic N) is 5. The zero-order valence-corrected chi connectivity index (χ0v) is 25.5. The number of aromatic nitrogens is 3. The van der Waals surface area contributed by atoms with Gasteiger partial charge in [0, 0.05) is 50.0 Å². The van der Waals surface area contributed by atoms with E-state index in [0.717, 1.165) is 63.2 Å². The fourth-order valence-corrected chi connectivity index (χ4v) is 9.29. The van der Waals surface area contributed by atoms with Crippen LogP contribution < -0.4 is 10.5 Å². The molecule has 41 heavy (non-hydrogen) atoms. The SMILES string of the molecule is CN1CCN(C2CCC(n3cc(-c4ccc(NS(=O)(=O)c5sc(Cl)cc5Cl)c(F)c4)c4c(N)ncnc43)CC2)CC1. The minimum Gasteiger partial charge on any atom is -0.383 e. The van der Waals surface area contributed by atoms with Crippen LogP contribution in [0.4, 0.5) is 15.9 Å². The van der Waals surface area contributed by atoms with Gasteiger partial charge in [-0.25, -0.2) is 22.8 Å². The van der Waals surface area contributed by atoms with Crippen LogP contribution in [0.5, 0.6) is 0 Å². The van der Waals surface area contributed by atoms with Crippen LogP contribution in [0.3, 0.4) is 0 Å². The predicted octanol–water partition coefficient (Wildman–Crippen LogP) is 5.72. The van der Waals surface area contributed by atoms with Crippen molar-refractivity contribution in [3.8, 4) is 11.1 Å². The number of likely N-dealkylation sites (N-methyl/N-ethyl adjacent to an activating group) is 1. The first kappa shape index (κ1) is 28.6. The molecule has 0 atom stereocenters. The van der Waals surface area contributed by atoms with Crippen molar-refractivity contribution < 1.29 is 12.8 Å². The third-order valence-electron chi connectivity index (χ3n) is 8.15. The second-order valence-corrected chi connectivity index (χ2v) is 14.7. The van der Waals surface area contributed by atoms with E-state index < -0.39 is 15.8 Å². The lowest BCUT2D eigenvalue weighted by Gasteiger charge is -2.41. The molecule has 2 aliphatic rings. The molecule has 4 heterocycles. The van der Waals surface area contributed by atoms with Crippen LogP contribution >= 0.6 is 34.5 Å². The van der Waals surface area contributed by atoms with E-state index in [1.165, 1.54) is 24.5 Å². The smallest absolute Gasteiger partial charge is 0.273 e. The van der Waals surface area contributed by atoms with Gasteiger partial charge in [0.1, 0.15) is 23.6 Å². The molecule has 2 fully saturated rings. The minimum atomic E-state index is -4.13. The summed E-state index contributed by atoms with van der Waals surface area (Å²) in [6.07, 6.45) is 7.65. The molecule has 1 aromatic carbocycles. The number of anilines is 2. The van der Waals surface area contributed by atoms with Crippen molar-refractivity contribution in [2.45, 2.75) is 42.0 Å². The number of thiophene rings is 1. The monoisotopic (exact) mass is 637 g/mol. The predicted molar refractivity (Wildman–Crippen MR) is 163 cm³/mol. The van der Waals surface area contributed by atoms with Gasteiger partial charge < -0.3 is 15.2 Å². The number of nitrogen functional groups attached to an aromatic ring is 1. The quantitative estimate of drug-likeness (QED) is 0.278. The van der Waals surface area contributed by atoms with Crippen LogP contribution in [0, 0.1) is 5.82 Å². The molecule has 1 aliphatic carbocycles. The average molecular weight is 639 g/mol. The summed E-state index contributed by atoms with van der Waals surface area (Å²) in [6, 6.07) is 6.49. The van der Waals surface area contributed by atoms with Crippen molar-refractivity contribution >= 4 is 67.1 Å². The van der Waals surface area contributed by atoms with Gasteiger partial charge in [0.25, 0.3) is 10.0 Å². The van der Waals surface area contributed by atoms with Crippen molar-refractivity contribution in [3.63, 3.8) is 0 Å². The van der Waals surface area contributed by atoms with Gasteiger partial charge in [-0.05, 0) is 56.5 Å². The number of hydrogen-bond acceptors (Lipinski definition) is 8. The van der Waals surface area contributed by atoms with E-state index in [1.54, 1.807) is 6.07 Å². The van der Waals surface area contributed by atoms with E-state index in [9.17, 15) is 8.42 Å². The lowest BCUT2D eigenvalue weighted by atomic mass is 9.89. The highest BCUT2D eigenvalue weighted by Crippen LogP contribution is 2.40. The molecular formula is C27H30Cl2FN7O2S2. The number of nitrogens with one attached hydrogen (secondary N) is 1. The summed E-state index contributed by atoms with van der Waals surface area (Å²) < 4.78 is 45.5. The maximum absolute atomic E-state index is 15.3. The molecule has 1 aliphatic heterocycles. The lowest BCUT2D eigenvalue weighted by molar-refractivity contribution is 0.0828. The third-order valence-corrected chi connectivity index (χ3v) is 11.8. The van der Waals surface area contributed by atoms with Crippen LogP contribution in [0.15, 0.2) is 41.0 Å². The van der Waals surface area contributed by atoms with E-state index in [0.29, 0.717) is 34.0 Å². The Hall–Kier alpha value is -2.48. The van der Waals surface area contributed by atoms with Crippen molar-refractivity contribution in [1.29, 1.82) is 0 Å². The zero-order valence-electron chi connectivity index (χ0n) is 22.4. The molecular weight excluding hydrogens is 608 g/mol. The van der Waals surface area contributed by atoms with Gasteiger partial charge in [-0.15, -0.1) is 11.3 Å². The van der Waals surface area contributed by atoms with Gasteiger partial charge >= 0.3 is 0 Å². The summed E-state index contributed by atoms with van der Waals surface area (Å²) in [5.41, 5.74) is 8.06. The van der Waals surface area contributed by atoms with Gasteiger partial charge in [-0.3, -0.25) is 9.62 Å². The summed E-state index contributed by atoms with van der Waals surface area (Å²) in [4.78, 5) is 13.8. The first-order valence-electron chi connectivity index (χ1n) is 13.4. The topological polar surface area (TPSA) is 109 Å². The number of benzene rings is 1. The Morgan fingerprint density at radius 3 is 2.41 bits per heavy atom. The first-order valence-corrected chi connectivity index (χ1v) is 16.5. The molecule has 0 unspecified atom stereocenters. The summed E-state index contributed by atoms with van der Waals surface area (Å²) in [5, 5.41) is 0.631. The van der Waals surface area contributed by atoms with E-state index in [-0.39, 0.29) is 25.3 Å². The lowest BCUT2D eigenvalue weighted by Crippen LogP contribution is -2.49. The molecule has 218 valence electrons. The maximum Gasteiger partial charge on any atom is 0.273 e. The van der Waals surface area contributed by atoms with Crippen LogP contribution in [-0.2, 0) is 10.0 Å². The fraction of sp³-hybridized carbons (Fsp3) is 0.407. The van der Waals surface area contributed by atoms with E-state index in [1.807, 2.05) is 6.20 Å². The number of sulfonamides is 1. The number of halogens is 3. The Balaban J connectivity index is 1.27. The Bertz CT molecular complexity index is 1700. The third kappa shape index (κ3) is 5.65. The Kier molecular flexibility index (Phi) is 7.90. The molecule has 0 spiro atoms. The molecule has 1 saturated heterocycles. The molecule has 0 radical (unpaired) electrons. The molecule has 0 amide bonds. The van der Waals surface area contributed by atoms with Crippen molar-refractivity contribution in [2.24, 2.45) is 0 Å². The molecule has 6 rings (SSSR count). The van der Waals surface area contributed by atoms with Crippen LogP contribution in [0.1, 0.15) is 31.7 Å². The number of nitrogens with two attached hydrogens (primary N) is 1. The Morgan fingerprint density at radius 2 is 1.76 bits per heavy atom. The molecule has 9 nitrogen and oxygen atoms in total. The highest BCUT2D eigenvalue weighted by molar-refractivity contribution is 7.94. The number of hydrogen-bond donors (Lipinski definition) is 2. The van der Waals surface area contributed by atoms with Crippen molar-refractivity contribution in [3.05, 3.63) is 52.0 Å². The summed E-state index contributed by atoms with van der Waals surface area (Å²) >= 11 is 12.7. The molecule has 3 N–H and O–H groups in total. The molecule has 4 aromatic rings. The number of piperazine rings is 1. The van der Waals surface area contributed by atoms with E-state index in [4.69, 9.17) is 28.9 Å². The fourth-order valence-electron chi connectivity index (χ4n) is 5.96. The summed E-state index contributed by atoms with van der Waals surface area (Å²) in [5.74, 6) is -0.432. The normalized spacial score (nSPS) is 21.0. The van der Waals surface area contributed by atoms with Crippen molar-refractivity contribution in [2.75, 3.05) is 43.7 Å². The Labute approximate surface area is 252 Å². The highest BCUT2D eigenvalue weighted by Gasteiger charge is 2.30. The molecule has 1 saturated carbocycles. The maximum atomic E-state index is 15.3. The summed E-state index contributed by atoms with van der Waals surface area (Å²) in [7, 11) is -1.96. The van der Waals surface area contributed by atoms with Gasteiger partial charge in [0.2, 0.25) is 0 Å². The van der Waals surface area contributed by atoms with Crippen LogP contribution in [-0.4, -0.2) is 72.0 Å². The highest BCUT2D eigenvalue weighted by atomic mass is 35.5.